The first-order chi connectivity index (χ1) is 5.35. The quantitative estimate of drug-likeness (QED) is 0.596. The Morgan fingerprint density at radius 2 is 2.18 bits per heavy atom. The van der Waals surface area contributed by atoms with Gasteiger partial charge in [-0.05, 0) is 18.5 Å². The molecule has 0 amide bonds. The topological polar surface area (TPSA) is 12.0 Å². The molecule has 0 radical (unpaired) electrons. The number of hydrogen-bond acceptors (Lipinski definition) is 1. The molecule has 11 heavy (non-hydrogen) atoms. The van der Waals surface area contributed by atoms with Crippen molar-refractivity contribution in [3.05, 3.63) is 12.8 Å². The molecule has 0 spiro atoms. The molecule has 1 N–H and O–H groups in total. The van der Waals surface area contributed by atoms with Gasteiger partial charge in [0, 0.05) is 6.54 Å². The number of hydrogen-bond donors (Lipinski definition) is 1. The highest BCUT2D eigenvalue weighted by Gasteiger charge is 2.02. The average molecular weight is 155 g/mol. The van der Waals surface area contributed by atoms with Crippen LogP contribution in [0.1, 0.15) is 39.5 Å². The molecule has 0 aromatic heterocycles. The van der Waals surface area contributed by atoms with Gasteiger partial charge >= 0.3 is 0 Å². The smallest absolute Gasteiger partial charge is 0.0169 e. The zero-order chi connectivity index (χ0) is 8.53. The van der Waals surface area contributed by atoms with E-state index in [-0.39, 0.29) is 0 Å². The molecule has 0 aliphatic carbocycles. The van der Waals surface area contributed by atoms with Crippen molar-refractivity contribution in [2.24, 2.45) is 5.92 Å². The predicted octanol–water partition coefficient (Wildman–Crippen LogP) is 2.94. The standard InChI is InChI=1S/C10H21N/c1-4-7-8-10(5-2)9-11-6-3/h6,10-11H,3-5,7-9H2,1-2H3. The van der Waals surface area contributed by atoms with Crippen molar-refractivity contribution >= 4 is 0 Å². The maximum atomic E-state index is 3.64. The largest absolute Gasteiger partial charge is 0.391 e. The van der Waals surface area contributed by atoms with Gasteiger partial charge in [-0.3, -0.25) is 0 Å². The van der Waals surface area contributed by atoms with E-state index in [0.29, 0.717) is 0 Å². The van der Waals surface area contributed by atoms with E-state index in [1.807, 2.05) is 0 Å². The minimum atomic E-state index is 0.841. The summed E-state index contributed by atoms with van der Waals surface area (Å²) in [6.07, 6.45) is 7.09. The van der Waals surface area contributed by atoms with E-state index in [0.717, 1.165) is 12.5 Å². The Hall–Kier alpha value is -0.460. The Morgan fingerprint density at radius 1 is 1.45 bits per heavy atom. The van der Waals surface area contributed by atoms with Gasteiger partial charge in [-0.1, -0.05) is 39.7 Å². The van der Waals surface area contributed by atoms with Crippen molar-refractivity contribution in [3.63, 3.8) is 0 Å². The molecule has 0 saturated carbocycles. The van der Waals surface area contributed by atoms with Gasteiger partial charge < -0.3 is 5.32 Å². The van der Waals surface area contributed by atoms with Crippen LogP contribution < -0.4 is 5.32 Å². The first-order valence-corrected chi connectivity index (χ1v) is 4.69. The van der Waals surface area contributed by atoms with E-state index in [1.165, 1.54) is 25.7 Å². The van der Waals surface area contributed by atoms with Crippen LogP contribution in [0.15, 0.2) is 12.8 Å². The van der Waals surface area contributed by atoms with Crippen LogP contribution >= 0.6 is 0 Å². The van der Waals surface area contributed by atoms with Crippen LogP contribution in [0.2, 0.25) is 0 Å². The van der Waals surface area contributed by atoms with Crippen molar-refractivity contribution in [1.82, 2.24) is 5.32 Å². The summed E-state index contributed by atoms with van der Waals surface area (Å²) < 4.78 is 0. The molecule has 0 heterocycles. The second-order valence-corrected chi connectivity index (χ2v) is 3.03. The van der Waals surface area contributed by atoms with Crippen molar-refractivity contribution in [2.75, 3.05) is 6.54 Å². The lowest BCUT2D eigenvalue weighted by Crippen LogP contribution is -2.16. The van der Waals surface area contributed by atoms with Gasteiger partial charge in [-0.25, -0.2) is 0 Å². The fraction of sp³-hybridized carbons (Fsp3) is 0.800. The van der Waals surface area contributed by atoms with Crippen molar-refractivity contribution < 1.29 is 0 Å². The van der Waals surface area contributed by atoms with Crippen molar-refractivity contribution in [1.29, 1.82) is 0 Å². The highest BCUT2D eigenvalue weighted by atomic mass is 14.8. The first kappa shape index (κ1) is 10.5. The second kappa shape index (κ2) is 7.64. The summed E-state index contributed by atoms with van der Waals surface area (Å²) in [5.74, 6) is 0.841. The van der Waals surface area contributed by atoms with E-state index in [1.54, 1.807) is 6.20 Å². The van der Waals surface area contributed by atoms with Crippen LogP contribution in [-0.2, 0) is 0 Å². The average Bonchev–Trinajstić information content (AvgIpc) is 2.05. The minimum Gasteiger partial charge on any atom is -0.391 e. The summed E-state index contributed by atoms with van der Waals surface area (Å²) in [4.78, 5) is 0. The summed E-state index contributed by atoms with van der Waals surface area (Å²) in [6, 6.07) is 0. The van der Waals surface area contributed by atoms with E-state index in [2.05, 4.69) is 25.7 Å². The number of unbranched alkanes of at least 4 members (excludes halogenated alkanes) is 1. The van der Waals surface area contributed by atoms with E-state index < -0.39 is 0 Å². The molecular weight excluding hydrogens is 134 g/mol. The third kappa shape index (κ3) is 5.96. The van der Waals surface area contributed by atoms with Gasteiger partial charge in [0.1, 0.15) is 0 Å². The van der Waals surface area contributed by atoms with Gasteiger partial charge in [0.15, 0.2) is 0 Å². The summed E-state index contributed by atoms with van der Waals surface area (Å²) in [5, 5.41) is 3.17. The first-order valence-electron chi connectivity index (χ1n) is 4.69. The highest BCUT2D eigenvalue weighted by Crippen LogP contribution is 2.10. The number of nitrogens with one attached hydrogen (secondary N) is 1. The molecule has 1 unspecified atom stereocenters. The lowest BCUT2D eigenvalue weighted by molar-refractivity contribution is 0.441. The van der Waals surface area contributed by atoms with Crippen LogP contribution in [0.25, 0.3) is 0 Å². The minimum absolute atomic E-state index is 0.841. The summed E-state index contributed by atoms with van der Waals surface area (Å²) in [7, 11) is 0. The molecule has 0 bridgehead atoms. The van der Waals surface area contributed by atoms with Gasteiger partial charge in [-0.15, -0.1) is 0 Å². The molecule has 66 valence electrons. The van der Waals surface area contributed by atoms with Crippen LogP contribution in [0.5, 0.6) is 0 Å². The SMILES string of the molecule is C=CNCC(CC)CCCC. The molecule has 1 atom stereocenters. The van der Waals surface area contributed by atoms with Gasteiger partial charge in [-0.2, -0.15) is 0 Å². The Kier molecular flexibility index (Phi) is 7.33. The Balaban J connectivity index is 3.32. The summed E-state index contributed by atoms with van der Waals surface area (Å²) >= 11 is 0. The second-order valence-electron chi connectivity index (χ2n) is 3.03. The van der Waals surface area contributed by atoms with Gasteiger partial charge in [0.05, 0.1) is 0 Å². The molecule has 0 aromatic carbocycles. The predicted molar refractivity (Wildman–Crippen MR) is 51.5 cm³/mol. The molecule has 0 aliphatic rings. The zero-order valence-electron chi connectivity index (χ0n) is 7.90. The molecule has 0 rings (SSSR count). The van der Waals surface area contributed by atoms with Crippen molar-refractivity contribution in [3.8, 4) is 0 Å². The fourth-order valence-corrected chi connectivity index (χ4v) is 1.19. The van der Waals surface area contributed by atoms with Crippen molar-refractivity contribution in [2.45, 2.75) is 39.5 Å². The van der Waals surface area contributed by atoms with E-state index in [4.69, 9.17) is 0 Å². The number of rotatable bonds is 7. The molecule has 0 saturated heterocycles. The highest BCUT2D eigenvalue weighted by molar-refractivity contribution is 4.67. The van der Waals surface area contributed by atoms with E-state index in [9.17, 15) is 0 Å². The van der Waals surface area contributed by atoms with Gasteiger partial charge in [0.2, 0.25) is 0 Å². The molecule has 1 heteroatoms. The molecule has 0 aliphatic heterocycles. The van der Waals surface area contributed by atoms with E-state index >= 15 is 0 Å². The normalized spacial score (nSPS) is 12.5. The fourth-order valence-electron chi connectivity index (χ4n) is 1.19. The third-order valence-corrected chi connectivity index (χ3v) is 2.09. The van der Waals surface area contributed by atoms with Crippen LogP contribution in [-0.4, -0.2) is 6.54 Å². The lowest BCUT2D eigenvalue weighted by Gasteiger charge is -2.13. The summed E-state index contributed by atoms with van der Waals surface area (Å²) in [5.41, 5.74) is 0. The molecule has 1 nitrogen and oxygen atoms in total. The Morgan fingerprint density at radius 3 is 2.64 bits per heavy atom. The third-order valence-electron chi connectivity index (χ3n) is 2.09. The Labute approximate surface area is 70.9 Å². The maximum Gasteiger partial charge on any atom is 0.0169 e. The maximum absolute atomic E-state index is 3.64. The monoisotopic (exact) mass is 155 g/mol. The van der Waals surface area contributed by atoms with Crippen LogP contribution in [0, 0.1) is 5.92 Å². The molecular formula is C10H21N. The van der Waals surface area contributed by atoms with Crippen LogP contribution in [0.4, 0.5) is 0 Å². The molecule has 0 fully saturated rings. The lowest BCUT2D eigenvalue weighted by atomic mass is 10.00. The summed E-state index contributed by atoms with van der Waals surface area (Å²) in [6.45, 7) is 9.23. The van der Waals surface area contributed by atoms with Crippen LogP contribution in [0.3, 0.4) is 0 Å². The molecule has 0 aromatic rings. The Bertz CT molecular complexity index is 88.9. The zero-order valence-corrected chi connectivity index (χ0v) is 7.90. The van der Waals surface area contributed by atoms with Gasteiger partial charge in [0.25, 0.3) is 0 Å².